The number of likely N-dealkylation sites (N-methyl/N-ethyl adjacent to an activating group) is 1. The van der Waals surface area contributed by atoms with Crippen LogP contribution in [-0.4, -0.2) is 85.0 Å². The molecule has 4 atom stereocenters. The van der Waals surface area contributed by atoms with Crippen molar-refractivity contribution in [3.63, 3.8) is 0 Å². The summed E-state index contributed by atoms with van der Waals surface area (Å²) >= 11 is 0. The molecular formula is C51H65N7O7. The molecule has 2 heterocycles. The molecule has 0 saturated carbocycles. The summed E-state index contributed by atoms with van der Waals surface area (Å²) in [5.74, 6) is -2.95. The first-order valence-corrected chi connectivity index (χ1v) is 22.9. The Morgan fingerprint density at radius 3 is 2.29 bits per heavy atom. The first kappa shape index (κ1) is 50.0. The van der Waals surface area contributed by atoms with Crippen LogP contribution in [0.3, 0.4) is 0 Å². The van der Waals surface area contributed by atoms with Crippen LogP contribution >= 0.6 is 0 Å². The van der Waals surface area contributed by atoms with Gasteiger partial charge in [-0.2, -0.15) is 5.26 Å². The van der Waals surface area contributed by atoms with E-state index in [0.717, 1.165) is 36.6 Å². The number of rotatable bonds is 21. The number of Topliss-reactive ketones (excluding diaryl/α,β-unsaturated/α-hetero) is 3. The van der Waals surface area contributed by atoms with Gasteiger partial charge in [-0.25, -0.2) is 0 Å². The molecule has 0 fully saturated rings. The number of unbranched alkanes of at least 4 members (excludes halogenated alkanes) is 3. The summed E-state index contributed by atoms with van der Waals surface area (Å²) in [6, 6.07) is 18.4. The molecule has 1 aliphatic heterocycles. The molecule has 0 spiro atoms. The smallest absolute Gasteiger partial charge is 0.226 e. The van der Waals surface area contributed by atoms with Gasteiger partial charge in [0, 0.05) is 85.4 Å². The quantitative estimate of drug-likeness (QED) is 0.0537. The molecule has 0 unspecified atom stereocenters. The molecule has 346 valence electrons. The Morgan fingerprint density at radius 2 is 1.62 bits per heavy atom. The lowest BCUT2D eigenvalue weighted by atomic mass is 9.88. The molecule has 14 heteroatoms. The fourth-order valence-electron chi connectivity index (χ4n) is 8.49. The van der Waals surface area contributed by atoms with Crippen molar-refractivity contribution >= 4 is 40.1 Å². The maximum Gasteiger partial charge on any atom is 0.226 e. The van der Waals surface area contributed by atoms with Gasteiger partial charge < -0.3 is 36.9 Å². The van der Waals surface area contributed by atoms with Crippen LogP contribution in [0, 0.1) is 30.1 Å². The minimum absolute atomic E-state index is 0.0252. The number of nitrogens with one attached hydrogen (secondary N) is 1. The molecule has 0 aliphatic carbocycles. The van der Waals surface area contributed by atoms with Gasteiger partial charge in [0.05, 0.1) is 17.6 Å². The number of carbonyl (C=O) groups excluding carboxylic acids is 5. The monoisotopic (exact) mass is 887 g/mol. The van der Waals surface area contributed by atoms with Gasteiger partial charge in [-0.1, -0.05) is 51.3 Å². The third kappa shape index (κ3) is 13.1. The second-order valence-corrected chi connectivity index (χ2v) is 17.0. The van der Waals surface area contributed by atoms with Gasteiger partial charge in [0.2, 0.25) is 11.8 Å². The first-order chi connectivity index (χ1) is 31.3. The number of hydrogen-bond acceptors (Lipinski definition) is 12. The molecule has 14 nitrogen and oxygen atoms in total. The summed E-state index contributed by atoms with van der Waals surface area (Å²) in [6.45, 7) is 6.47. The fraction of sp³-hybridized carbons (Fsp3) is 0.471. The fourth-order valence-corrected chi connectivity index (χ4v) is 8.49. The first-order valence-electron chi connectivity index (χ1n) is 22.9. The van der Waals surface area contributed by atoms with Gasteiger partial charge in [0.25, 0.3) is 0 Å². The highest BCUT2D eigenvalue weighted by Crippen LogP contribution is 2.41. The molecule has 0 radical (unpaired) electrons. The minimum atomic E-state index is -1.22. The van der Waals surface area contributed by atoms with Crippen LogP contribution in [-0.2, 0) is 32.0 Å². The van der Waals surface area contributed by atoms with Crippen molar-refractivity contribution in [1.82, 2.24) is 15.2 Å². The van der Waals surface area contributed by atoms with Crippen LogP contribution in [0.5, 0.6) is 11.5 Å². The number of ketones is 3. The Kier molecular flexibility index (Phi) is 18.7. The maximum absolute atomic E-state index is 14.8. The Morgan fingerprint density at radius 1 is 0.908 bits per heavy atom. The zero-order chi connectivity index (χ0) is 47.0. The molecular weight excluding hydrogens is 823 g/mol. The van der Waals surface area contributed by atoms with E-state index in [0.29, 0.717) is 45.0 Å². The van der Waals surface area contributed by atoms with E-state index < -0.39 is 41.5 Å². The van der Waals surface area contributed by atoms with E-state index >= 15 is 0 Å². The van der Waals surface area contributed by atoms with Crippen LogP contribution < -0.4 is 32.0 Å². The van der Waals surface area contributed by atoms with Crippen LogP contribution in [0.2, 0.25) is 0 Å². The molecule has 3 aromatic carbocycles. The van der Waals surface area contributed by atoms with Gasteiger partial charge in [-0.3, -0.25) is 29.0 Å². The molecule has 1 aromatic heterocycles. The topological polar surface area (TPSA) is 234 Å². The number of nitriles is 1. The number of hydrogen-bond donors (Lipinski definition) is 4. The van der Waals surface area contributed by atoms with Crippen LogP contribution in [0.15, 0.2) is 60.7 Å². The van der Waals surface area contributed by atoms with Crippen molar-refractivity contribution in [2.45, 2.75) is 103 Å². The van der Waals surface area contributed by atoms with Gasteiger partial charge in [0.15, 0.2) is 17.3 Å². The van der Waals surface area contributed by atoms with Crippen molar-refractivity contribution in [2.75, 3.05) is 39.9 Å². The van der Waals surface area contributed by atoms with E-state index in [1.54, 1.807) is 44.2 Å². The van der Waals surface area contributed by atoms with Gasteiger partial charge >= 0.3 is 0 Å². The minimum Gasteiger partial charge on any atom is -0.492 e. The normalized spacial score (nSPS) is 16.8. The molecule has 7 N–H and O–H groups in total. The van der Waals surface area contributed by atoms with Crippen LogP contribution in [0.4, 0.5) is 0 Å². The van der Waals surface area contributed by atoms with Crippen molar-refractivity contribution < 1.29 is 33.4 Å². The Hall–Kier alpha value is -6.01. The van der Waals surface area contributed by atoms with Crippen LogP contribution in [0.25, 0.3) is 22.0 Å². The predicted octanol–water partition coefficient (Wildman–Crippen LogP) is 6.25. The molecule has 0 saturated heterocycles. The molecule has 5 rings (SSSR count). The number of nitrogens with zero attached hydrogens (tertiary/aromatic N) is 3. The third-order valence-electron chi connectivity index (χ3n) is 12.0. The van der Waals surface area contributed by atoms with E-state index in [1.165, 1.54) is 23.9 Å². The number of aromatic nitrogens is 1. The predicted molar refractivity (Wildman–Crippen MR) is 251 cm³/mol. The highest BCUT2D eigenvalue weighted by molar-refractivity contribution is 6.02. The number of amides is 2. The lowest BCUT2D eigenvalue weighted by Gasteiger charge is -2.32. The number of aryl methyl sites for hydroxylation is 2. The van der Waals surface area contributed by atoms with Crippen molar-refractivity contribution in [2.24, 2.45) is 29.0 Å². The average Bonchev–Trinajstić information content (AvgIpc) is 3.29. The van der Waals surface area contributed by atoms with Crippen molar-refractivity contribution in [1.29, 1.82) is 5.26 Å². The Balaban J connectivity index is 1.57. The number of fused-ring (bicyclic) bond motifs is 6. The zero-order valence-electron chi connectivity index (χ0n) is 38.3. The summed E-state index contributed by atoms with van der Waals surface area (Å²) < 4.78 is 12.3. The molecule has 2 amide bonds. The highest BCUT2D eigenvalue weighted by Gasteiger charge is 2.36. The number of ether oxygens (including phenoxy) is 2. The lowest BCUT2D eigenvalue weighted by Crippen LogP contribution is -2.46. The summed E-state index contributed by atoms with van der Waals surface area (Å²) in [4.78, 5) is 77.2. The van der Waals surface area contributed by atoms with E-state index in [4.69, 9.17) is 31.7 Å². The zero-order valence-corrected chi connectivity index (χ0v) is 38.3. The largest absolute Gasteiger partial charge is 0.492 e. The Bertz CT molecular complexity index is 2380. The second-order valence-electron chi connectivity index (χ2n) is 17.0. The maximum atomic E-state index is 14.8. The Labute approximate surface area is 382 Å². The van der Waals surface area contributed by atoms with E-state index in [-0.39, 0.29) is 82.9 Å². The van der Waals surface area contributed by atoms with E-state index in [2.05, 4.69) is 24.4 Å². The summed E-state index contributed by atoms with van der Waals surface area (Å²) in [5, 5.41) is 12.9. The lowest BCUT2D eigenvalue weighted by molar-refractivity contribution is -0.142. The van der Waals surface area contributed by atoms with E-state index in [1.807, 2.05) is 24.3 Å². The van der Waals surface area contributed by atoms with Gasteiger partial charge in [-0.15, -0.1) is 0 Å². The SMILES string of the molecule is CCCCCCc1ccc2nc(C)c(C(=O)C[C@@H](CCN)C(=O)N(C)[C@@H]3C(=O)C[C@@H](C)C(=O)N[C@H](C(=O)CCC#N)Cc4ccc(OCCN)c(c4)-c4cc3ccc4OCCN)cc2c1. The van der Waals surface area contributed by atoms with Gasteiger partial charge in [0.1, 0.15) is 30.8 Å². The number of pyridine rings is 1. The van der Waals surface area contributed by atoms with E-state index in [9.17, 15) is 29.2 Å². The summed E-state index contributed by atoms with van der Waals surface area (Å²) in [7, 11) is 1.52. The standard InChI is InChI=1S/C51H65N7O7/c1-5-6-7-8-10-34-12-15-42-38(26-34)30-39(33(3)56-42)45(60)31-37(18-20-53)51(63)58(4)49-36-14-17-48(65-24-22-55)41(29-36)40-27-35(13-16-47(40)64-23-21-54)28-43(44(59)11-9-19-52)57-50(62)32(2)25-46(49)61/h12-17,26-27,29-30,32,37,43,49H,5-11,18,20-25,28,31,53-55H2,1-4H3,(H,57,62)/t32-,37-,43+,49+/m1/s1. The van der Waals surface area contributed by atoms with Crippen molar-refractivity contribution in [3.05, 3.63) is 88.6 Å². The molecule has 65 heavy (non-hydrogen) atoms. The number of benzene rings is 3. The molecule has 4 aromatic rings. The summed E-state index contributed by atoms with van der Waals surface area (Å²) in [6.07, 6.45) is 5.22. The number of carbonyl (C=O) groups is 5. The average molecular weight is 888 g/mol. The molecule has 1 aliphatic rings. The van der Waals surface area contributed by atoms with Crippen LogP contribution in [0.1, 0.15) is 110 Å². The third-order valence-corrected chi connectivity index (χ3v) is 12.0. The van der Waals surface area contributed by atoms with Crippen molar-refractivity contribution in [3.8, 4) is 28.7 Å². The highest BCUT2D eigenvalue weighted by atomic mass is 16.5. The second kappa shape index (κ2) is 24.3. The summed E-state index contributed by atoms with van der Waals surface area (Å²) in [5.41, 5.74) is 23.0. The molecule has 4 bridgehead atoms. The number of nitrogens with two attached hydrogens (primary N) is 3. The van der Waals surface area contributed by atoms with Gasteiger partial charge in [-0.05, 0) is 98.3 Å².